The summed E-state index contributed by atoms with van der Waals surface area (Å²) in [5, 5.41) is 5.58. The molecule has 0 aliphatic heterocycles. The molecule has 4 heteroatoms. The first-order valence-corrected chi connectivity index (χ1v) is 5.37. The normalized spacial score (nSPS) is 11.7. The minimum absolute atomic E-state index is 0.179. The number of anilines is 1. The van der Waals surface area contributed by atoms with Crippen LogP contribution >= 0.6 is 0 Å². The van der Waals surface area contributed by atoms with Crippen LogP contribution < -0.4 is 15.4 Å². The molecule has 0 bridgehead atoms. The Bertz CT molecular complexity index is 335. The SMILES string of the molecule is CCC(C)NC(=O)Nc1ccc(OC)cc1. The van der Waals surface area contributed by atoms with Crippen molar-refractivity contribution in [1.82, 2.24) is 5.32 Å². The van der Waals surface area contributed by atoms with Crippen molar-refractivity contribution in [3.05, 3.63) is 24.3 Å². The lowest BCUT2D eigenvalue weighted by Gasteiger charge is -2.12. The topological polar surface area (TPSA) is 50.4 Å². The maximum atomic E-state index is 11.5. The number of urea groups is 1. The zero-order valence-electron chi connectivity index (χ0n) is 9.91. The van der Waals surface area contributed by atoms with Gasteiger partial charge in [0.15, 0.2) is 0 Å². The van der Waals surface area contributed by atoms with Gasteiger partial charge in [-0.05, 0) is 37.6 Å². The fourth-order valence-corrected chi connectivity index (χ4v) is 1.17. The standard InChI is InChI=1S/C12H18N2O2/c1-4-9(2)13-12(15)14-10-5-7-11(16-3)8-6-10/h5-9H,4H2,1-3H3,(H2,13,14,15). The van der Waals surface area contributed by atoms with Gasteiger partial charge in [0.05, 0.1) is 7.11 Å². The lowest BCUT2D eigenvalue weighted by atomic mass is 10.3. The molecular formula is C12H18N2O2. The van der Waals surface area contributed by atoms with E-state index >= 15 is 0 Å². The number of hydrogen-bond donors (Lipinski definition) is 2. The molecule has 2 amide bonds. The molecule has 0 saturated carbocycles. The van der Waals surface area contributed by atoms with E-state index in [9.17, 15) is 4.79 Å². The molecule has 1 aromatic rings. The van der Waals surface area contributed by atoms with Gasteiger partial charge in [0.25, 0.3) is 0 Å². The van der Waals surface area contributed by atoms with Crippen molar-refractivity contribution in [2.24, 2.45) is 0 Å². The Kier molecular flexibility index (Phi) is 4.64. The molecule has 1 aromatic carbocycles. The first kappa shape index (κ1) is 12.4. The van der Waals surface area contributed by atoms with Gasteiger partial charge in [0.1, 0.15) is 5.75 Å². The Morgan fingerprint density at radius 2 is 2.00 bits per heavy atom. The quantitative estimate of drug-likeness (QED) is 0.822. The second kappa shape index (κ2) is 6.00. The molecule has 16 heavy (non-hydrogen) atoms. The third-order valence-corrected chi connectivity index (χ3v) is 2.34. The molecule has 2 N–H and O–H groups in total. The Morgan fingerprint density at radius 3 is 2.50 bits per heavy atom. The smallest absolute Gasteiger partial charge is 0.319 e. The minimum Gasteiger partial charge on any atom is -0.497 e. The second-order valence-corrected chi connectivity index (χ2v) is 3.64. The third kappa shape index (κ3) is 3.81. The van der Waals surface area contributed by atoms with Crippen molar-refractivity contribution in [3.8, 4) is 5.75 Å². The molecule has 0 fully saturated rings. The van der Waals surface area contributed by atoms with E-state index in [1.54, 1.807) is 31.4 Å². The summed E-state index contributed by atoms with van der Waals surface area (Å²) in [4.78, 5) is 11.5. The fourth-order valence-electron chi connectivity index (χ4n) is 1.17. The van der Waals surface area contributed by atoms with Crippen molar-refractivity contribution in [1.29, 1.82) is 0 Å². The van der Waals surface area contributed by atoms with Gasteiger partial charge in [-0.1, -0.05) is 6.92 Å². The molecule has 0 heterocycles. The van der Waals surface area contributed by atoms with E-state index in [1.165, 1.54) is 0 Å². The predicted molar refractivity (Wildman–Crippen MR) is 64.9 cm³/mol. The highest BCUT2D eigenvalue weighted by Gasteiger charge is 2.04. The lowest BCUT2D eigenvalue weighted by molar-refractivity contribution is 0.249. The van der Waals surface area contributed by atoms with Gasteiger partial charge in [-0.3, -0.25) is 0 Å². The zero-order valence-corrected chi connectivity index (χ0v) is 9.91. The number of hydrogen-bond acceptors (Lipinski definition) is 2. The Labute approximate surface area is 96.0 Å². The van der Waals surface area contributed by atoms with Gasteiger partial charge >= 0.3 is 6.03 Å². The van der Waals surface area contributed by atoms with Gasteiger partial charge in [0, 0.05) is 11.7 Å². The molecule has 4 nitrogen and oxygen atoms in total. The van der Waals surface area contributed by atoms with Crippen LogP contribution in [0, 0.1) is 0 Å². The van der Waals surface area contributed by atoms with E-state index in [0.29, 0.717) is 0 Å². The molecule has 1 atom stereocenters. The van der Waals surface area contributed by atoms with Crippen molar-refractivity contribution in [2.45, 2.75) is 26.3 Å². The van der Waals surface area contributed by atoms with Crippen molar-refractivity contribution >= 4 is 11.7 Å². The molecule has 0 aliphatic rings. The van der Waals surface area contributed by atoms with E-state index in [4.69, 9.17) is 4.74 Å². The Balaban J connectivity index is 2.49. The number of amides is 2. The summed E-state index contributed by atoms with van der Waals surface area (Å²) in [5.41, 5.74) is 0.751. The van der Waals surface area contributed by atoms with Gasteiger partial charge in [-0.15, -0.1) is 0 Å². The van der Waals surface area contributed by atoms with E-state index in [2.05, 4.69) is 10.6 Å². The number of methoxy groups -OCH3 is 1. The van der Waals surface area contributed by atoms with Gasteiger partial charge in [0.2, 0.25) is 0 Å². The van der Waals surface area contributed by atoms with Crippen LogP contribution in [0.4, 0.5) is 10.5 Å². The van der Waals surface area contributed by atoms with E-state index in [0.717, 1.165) is 17.9 Å². The van der Waals surface area contributed by atoms with Crippen molar-refractivity contribution in [3.63, 3.8) is 0 Å². The second-order valence-electron chi connectivity index (χ2n) is 3.64. The first-order valence-electron chi connectivity index (χ1n) is 5.37. The van der Waals surface area contributed by atoms with Crippen LogP contribution in [0.5, 0.6) is 5.75 Å². The molecular weight excluding hydrogens is 204 g/mol. The number of nitrogens with one attached hydrogen (secondary N) is 2. The molecule has 0 aromatic heterocycles. The monoisotopic (exact) mass is 222 g/mol. The summed E-state index contributed by atoms with van der Waals surface area (Å²) in [5.74, 6) is 0.771. The van der Waals surface area contributed by atoms with Crippen LogP contribution in [0.15, 0.2) is 24.3 Å². The zero-order chi connectivity index (χ0) is 12.0. The van der Waals surface area contributed by atoms with E-state index in [1.807, 2.05) is 13.8 Å². The highest BCUT2D eigenvalue weighted by Crippen LogP contribution is 2.14. The van der Waals surface area contributed by atoms with Crippen molar-refractivity contribution < 1.29 is 9.53 Å². The Hall–Kier alpha value is -1.71. The van der Waals surface area contributed by atoms with Crippen LogP contribution in [-0.4, -0.2) is 19.2 Å². The summed E-state index contributed by atoms with van der Waals surface area (Å²) in [6, 6.07) is 7.21. The number of rotatable bonds is 4. The minimum atomic E-state index is -0.181. The first-order chi connectivity index (χ1) is 7.65. The predicted octanol–water partition coefficient (Wildman–Crippen LogP) is 2.62. The van der Waals surface area contributed by atoms with Crippen LogP contribution in [0.25, 0.3) is 0 Å². The number of ether oxygens (including phenoxy) is 1. The van der Waals surface area contributed by atoms with Crippen molar-refractivity contribution in [2.75, 3.05) is 12.4 Å². The van der Waals surface area contributed by atoms with Crippen LogP contribution in [-0.2, 0) is 0 Å². The number of carbonyl (C=O) groups is 1. The summed E-state index contributed by atoms with van der Waals surface area (Å²) < 4.78 is 5.03. The summed E-state index contributed by atoms with van der Waals surface area (Å²) in [6.45, 7) is 3.99. The maximum Gasteiger partial charge on any atom is 0.319 e. The Morgan fingerprint density at radius 1 is 1.38 bits per heavy atom. The highest BCUT2D eigenvalue weighted by molar-refractivity contribution is 5.89. The van der Waals surface area contributed by atoms with Gasteiger partial charge in [-0.2, -0.15) is 0 Å². The fraction of sp³-hybridized carbons (Fsp3) is 0.417. The van der Waals surface area contributed by atoms with Gasteiger partial charge in [-0.25, -0.2) is 4.79 Å². The molecule has 0 saturated heterocycles. The number of carbonyl (C=O) groups excluding carboxylic acids is 1. The molecule has 1 rings (SSSR count). The molecule has 0 radical (unpaired) electrons. The van der Waals surface area contributed by atoms with E-state index < -0.39 is 0 Å². The van der Waals surface area contributed by atoms with Crippen LogP contribution in [0.1, 0.15) is 20.3 Å². The molecule has 0 spiro atoms. The average Bonchev–Trinajstić information content (AvgIpc) is 2.29. The third-order valence-electron chi connectivity index (χ3n) is 2.34. The molecule has 1 unspecified atom stereocenters. The summed E-state index contributed by atoms with van der Waals surface area (Å²) in [6.07, 6.45) is 0.913. The molecule has 0 aliphatic carbocycles. The largest absolute Gasteiger partial charge is 0.497 e. The summed E-state index contributed by atoms with van der Waals surface area (Å²) >= 11 is 0. The summed E-state index contributed by atoms with van der Waals surface area (Å²) in [7, 11) is 1.61. The van der Waals surface area contributed by atoms with Gasteiger partial charge < -0.3 is 15.4 Å². The van der Waals surface area contributed by atoms with E-state index in [-0.39, 0.29) is 12.1 Å². The molecule has 88 valence electrons. The number of benzene rings is 1. The maximum absolute atomic E-state index is 11.5. The van der Waals surface area contributed by atoms with Crippen LogP contribution in [0.3, 0.4) is 0 Å². The highest BCUT2D eigenvalue weighted by atomic mass is 16.5. The van der Waals surface area contributed by atoms with Crippen LogP contribution in [0.2, 0.25) is 0 Å². The lowest BCUT2D eigenvalue weighted by Crippen LogP contribution is -2.35. The average molecular weight is 222 g/mol.